The maximum Gasteiger partial charge on any atom is 0.272 e. The minimum absolute atomic E-state index is 0.00829. The first-order chi connectivity index (χ1) is 11.8. The molecule has 0 spiro atoms. The molecule has 0 saturated carbocycles. The quantitative estimate of drug-likeness (QED) is 0.638. The number of hydrogen-bond acceptors (Lipinski definition) is 5. The molecule has 25 heavy (non-hydrogen) atoms. The van der Waals surface area contributed by atoms with Gasteiger partial charge in [-0.2, -0.15) is 0 Å². The van der Waals surface area contributed by atoms with Crippen LogP contribution >= 0.6 is 0 Å². The highest BCUT2D eigenvalue weighted by Crippen LogP contribution is 2.26. The Balaban J connectivity index is 2.09. The van der Waals surface area contributed by atoms with Crippen molar-refractivity contribution in [2.24, 2.45) is 0 Å². The number of amides is 1. The summed E-state index contributed by atoms with van der Waals surface area (Å²) in [6.45, 7) is 5.14. The van der Waals surface area contributed by atoms with Crippen LogP contribution in [0, 0.1) is 24.0 Å². The molecule has 1 N–H and O–H groups in total. The van der Waals surface area contributed by atoms with E-state index in [1.807, 2.05) is 13.0 Å². The van der Waals surface area contributed by atoms with E-state index in [-0.39, 0.29) is 11.6 Å². The molecule has 2 rings (SSSR count). The minimum atomic E-state index is -0.786. The maximum atomic E-state index is 12.4. The molecule has 2 aromatic carbocycles. The van der Waals surface area contributed by atoms with Crippen LogP contribution in [0.1, 0.15) is 18.1 Å². The zero-order valence-electron chi connectivity index (χ0n) is 14.5. The number of carbonyl (C=O) groups excluding carboxylic acids is 1. The van der Waals surface area contributed by atoms with Gasteiger partial charge in [-0.15, -0.1) is 0 Å². The molecule has 0 saturated heterocycles. The molecule has 2 aromatic rings. The maximum absolute atomic E-state index is 12.4. The molecular weight excluding hydrogens is 324 g/mol. The molecule has 0 aromatic heterocycles. The van der Waals surface area contributed by atoms with Gasteiger partial charge < -0.3 is 14.8 Å². The van der Waals surface area contributed by atoms with E-state index in [1.54, 1.807) is 26.0 Å². The molecule has 0 aliphatic heterocycles. The lowest BCUT2D eigenvalue weighted by molar-refractivity contribution is -0.385. The minimum Gasteiger partial charge on any atom is -0.495 e. The smallest absolute Gasteiger partial charge is 0.272 e. The standard InChI is InChI=1S/C18H20N2O5/c1-11-5-8-17(24-4)15(9-11)19-18(21)13(3)25-14-6-7-16(20(22)23)12(2)10-14/h5-10,13H,1-4H3,(H,19,21)/t13-/m1/s1. The van der Waals surface area contributed by atoms with Crippen molar-refractivity contribution >= 4 is 17.3 Å². The molecule has 0 radical (unpaired) electrons. The Morgan fingerprint density at radius 3 is 2.52 bits per heavy atom. The van der Waals surface area contributed by atoms with Crippen molar-refractivity contribution in [2.45, 2.75) is 26.9 Å². The Labute approximate surface area is 145 Å². The third kappa shape index (κ3) is 4.47. The van der Waals surface area contributed by atoms with Crippen LogP contribution in [0.5, 0.6) is 11.5 Å². The van der Waals surface area contributed by atoms with Gasteiger partial charge in [-0.3, -0.25) is 14.9 Å². The number of benzene rings is 2. The number of carbonyl (C=O) groups is 1. The molecule has 7 nitrogen and oxygen atoms in total. The lowest BCUT2D eigenvalue weighted by Crippen LogP contribution is -2.30. The normalized spacial score (nSPS) is 11.5. The molecule has 0 bridgehead atoms. The van der Waals surface area contributed by atoms with E-state index in [4.69, 9.17) is 9.47 Å². The van der Waals surface area contributed by atoms with Crippen LogP contribution in [0.3, 0.4) is 0 Å². The molecule has 1 amide bonds. The first-order valence-corrected chi connectivity index (χ1v) is 7.69. The third-order valence-electron chi connectivity index (χ3n) is 3.66. The number of nitro benzene ring substituents is 1. The lowest BCUT2D eigenvalue weighted by atomic mass is 10.2. The van der Waals surface area contributed by atoms with Gasteiger partial charge in [-0.05, 0) is 50.6 Å². The first kappa shape index (κ1) is 18.3. The number of nitrogens with one attached hydrogen (secondary N) is 1. The molecule has 0 unspecified atom stereocenters. The summed E-state index contributed by atoms with van der Waals surface area (Å²) in [6.07, 6.45) is -0.786. The van der Waals surface area contributed by atoms with Gasteiger partial charge in [0.25, 0.3) is 11.6 Å². The van der Waals surface area contributed by atoms with E-state index in [9.17, 15) is 14.9 Å². The highest BCUT2D eigenvalue weighted by molar-refractivity contribution is 5.95. The molecule has 0 heterocycles. The van der Waals surface area contributed by atoms with Crippen LogP contribution in [-0.4, -0.2) is 24.0 Å². The molecule has 0 aliphatic carbocycles. The summed E-state index contributed by atoms with van der Waals surface area (Å²) in [5, 5.41) is 13.6. The molecule has 132 valence electrons. The van der Waals surface area contributed by atoms with Crippen molar-refractivity contribution in [2.75, 3.05) is 12.4 Å². The zero-order valence-corrected chi connectivity index (χ0v) is 14.5. The zero-order chi connectivity index (χ0) is 18.6. The highest BCUT2D eigenvalue weighted by Gasteiger charge is 2.18. The van der Waals surface area contributed by atoms with E-state index in [0.29, 0.717) is 22.7 Å². The van der Waals surface area contributed by atoms with Crippen LogP contribution in [0.4, 0.5) is 11.4 Å². The van der Waals surface area contributed by atoms with Gasteiger partial charge in [-0.1, -0.05) is 6.07 Å². The topological polar surface area (TPSA) is 90.7 Å². The van der Waals surface area contributed by atoms with E-state index < -0.39 is 11.0 Å². The van der Waals surface area contributed by atoms with Crippen molar-refractivity contribution in [1.29, 1.82) is 0 Å². The summed E-state index contributed by atoms with van der Waals surface area (Å²) < 4.78 is 10.8. The van der Waals surface area contributed by atoms with Crippen LogP contribution in [0.2, 0.25) is 0 Å². The van der Waals surface area contributed by atoms with Gasteiger partial charge in [0.15, 0.2) is 6.10 Å². The average molecular weight is 344 g/mol. The SMILES string of the molecule is COc1ccc(C)cc1NC(=O)[C@@H](C)Oc1ccc([N+](=O)[O-])c(C)c1. The van der Waals surface area contributed by atoms with Gasteiger partial charge in [0.1, 0.15) is 11.5 Å². The Hall–Kier alpha value is -3.09. The first-order valence-electron chi connectivity index (χ1n) is 7.69. The lowest BCUT2D eigenvalue weighted by Gasteiger charge is -2.16. The summed E-state index contributed by atoms with van der Waals surface area (Å²) in [5.74, 6) is 0.596. The van der Waals surface area contributed by atoms with Crippen molar-refractivity contribution < 1.29 is 19.2 Å². The number of methoxy groups -OCH3 is 1. The van der Waals surface area contributed by atoms with Gasteiger partial charge >= 0.3 is 0 Å². The summed E-state index contributed by atoms with van der Waals surface area (Å²) in [7, 11) is 1.53. The second-order valence-electron chi connectivity index (χ2n) is 5.66. The summed E-state index contributed by atoms with van der Waals surface area (Å²) in [4.78, 5) is 22.7. The number of anilines is 1. The molecule has 0 fully saturated rings. The number of aryl methyl sites for hydroxylation is 2. The number of nitro groups is 1. The van der Waals surface area contributed by atoms with Crippen LogP contribution < -0.4 is 14.8 Å². The summed E-state index contributed by atoms with van der Waals surface area (Å²) in [6, 6.07) is 9.83. The van der Waals surface area contributed by atoms with E-state index in [0.717, 1.165) is 5.56 Å². The second kappa shape index (κ2) is 7.65. The third-order valence-corrected chi connectivity index (χ3v) is 3.66. The fourth-order valence-electron chi connectivity index (χ4n) is 2.32. The van der Waals surface area contributed by atoms with Gasteiger partial charge in [-0.25, -0.2) is 0 Å². The average Bonchev–Trinajstić information content (AvgIpc) is 2.54. The van der Waals surface area contributed by atoms with Crippen molar-refractivity contribution in [3.8, 4) is 11.5 Å². The van der Waals surface area contributed by atoms with Crippen molar-refractivity contribution in [3.05, 3.63) is 57.6 Å². The molecule has 0 aliphatic rings. The Morgan fingerprint density at radius 2 is 1.92 bits per heavy atom. The predicted octanol–water partition coefficient (Wildman–Crippen LogP) is 3.63. The van der Waals surface area contributed by atoms with Gasteiger partial charge in [0.2, 0.25) is 0 Å². The van der Waals surface area contributed by atoms with Crippen LogP contribution in [0.15, 0.2) is 36.4 Å². The van der Waals surface area contributed by atoms with Gasteiger partial charge in [0.05, 0.1) is 17.7 Å². The number of hydrogen-bond donors (Lipinski definition) is 1. The highest BCUT2D eigenvalue weighted by atomic mass is 16.6. The number of nitrogens with zero attached hydrogens (tertiary/aromatic N) is 1. The monoisotopic (exact) mass is 344 g/mol. The van der Waals surface area contributed by atoms with Crippen molar-refractivity contribution in [1.82, 2.24) is 0 Å². The summed E-state index contributed by atoms with van der Waals surface area (Å²) in [5.41, 5.74) is 2.02. The molecular formula is C18H20N2O5. The number of ether oxygens (including phenoxy) is 2. The second-order valence-corrected chi connectivity index (χ2v) is 5.66. The van der Waals surface area contributed by atoms with Crippen molar-refractivity contribution in [3.63, 3.8) is 0 Å². The Morgan fingerprint density at radius 1 is 1.20 bits per heavy atom. The van der Waals surface area contributed by atoms with E-state index in [1.165, 1.54) is 25.3 Å². The predicted molar refractivity (Wildman–Crippen MR) is 94.3 cm³/mol. The van der Waals surface area contributed by atoms with Crippen LogP contribution in [-0.2, 0) is 4.79 Å². The largest absolute Gasteiger partial charge is 0.495 e. The Bertz CT molecular complexity index is 804. The Kier molecular flexibility index (Phi) is 5.59. The molecule has 7 heteroatoms. The molecule has 1 atom stereocenters. The number of rotatable bonds is 6. The van der Waals surface area contributed by atoms with Crippen LogP contribution in [0.25, 0.3) is 0 Å². The fourth-order valence-corrected chi connectivity index (χ4v) is 2.32. The van der Waals surface area contributed by atoms with E-state index in [2.05, 4.69) is 5.32 Å². The van der Waals surface area contributed by atoms with Gasteiger partial charge in [0, 0.05) is 11.6 Å². The fraction of sp³-hybridized carbons (Fsp3) is 0.278. The summed E-state index contributed by atoms with van der Waals surface area (Å²) >= 11 is 0. The van der Waals surface area contributed by atoms with E-state index >= 15 is 0 Å².